The zero-order valence-electron chi connectivity index (χ0n) is 15.1. The van der Waals surface area contributed by atoms with E-state index in [-0.39, 0.29) is 23.5 Å². The van der Waals surface area contributed by atoms with Gasteiger partial charge in [-0.1, -0.05) is 0 Å². The lowest BCUT2D eigenvalue weighted by Crippen LogP contribution is -2.43. The van der Waals surface area contributed by atoms with Crippen molar-refractivity contribution < 1.29 is 23.1 Å². The summed E-state index contributed by atoms with van der Waals surface area (Å²) in [6, 6.07) is 0.597. The number of pyridine rings is 1. The van der Waals surface area contributed by atoms with E-state index in [1.54, 1.807) is 0 Å². The smallest absolute Gasteiger partial charge is 0.407 e. The molecular weight excluding hydrogens is 346 g/mol. The summed E-state index contributed by atoms with van der Waals surface area (Å²) in [4.78, 5) is 26.2. The predicted molar refractivity (Wildman–Crippen MR) is 91.7 cm³/mol. The van der Waals surface area contributed by atoms with Gasteiger partial charge in [-0.15, -0.1) is 0 Å². The number of anilines is 1. The first-order valence-electron chi connectivity index (χ1n) is 8.46. The lowest BCUT2D eigenvalue weighted by Gasteiger charge is -2.30. The van der Waals surface area contributed by atoms with E-state index in [9.17, 15) is 18.4 Å². The average molecular weight is 370 g/mol. The van der Waals surface area contributed by atoms with Gasteiger partial charge in [0, 0.05) is 11.6 Å². The molecule has 0 unspecified atom stereocenters. The van der Waals surface area contributed by atoms with E-state index in [0.717, 1.165) is 6.07 Å². The van der Waals surface area contributed by atoms with Gasteiger partial charge < -0.3 is 21.1 Å². The lowest BCUT2D eigenvalue weighted by atomic mass is 9.93. The number of primary amides is 1. The molecule has 1 aromatic rings. The molecule has 1 saturated carbocycles. The number of ether oxygens (including phenoxy) is 1. The molecule has 0 bridgehead atoms. The maximum absolute atomic E-state index is 14.0. The van der Waals surface area contributed by atoms with E-state index in [2.05, 4.69) is 15.6 Å². The number of amides is 2. The number of aromatic nitrogens is 1. The van der Waals surface area contributed by atoms with Crippen LogP contribution in [0, 0.1) is 11.8 Å². The Kier molecular flexibility index (Phi) is 5.99. The molecule has 1 fully saturated rings. The van der Waals surface area contributed by atoms with Gasteiger partial charge in [0.1, 0.15) is 6.10 Å². The Hall–Kier alpha value is -2.45. The Bertz CT molecular complexity index is 683. The highest BCUT2D eigenvalue weighted by Crippen LogP contribution is 2.25. The first-order valence-corrected chi connectivity index (χ1v) is 8.46. The van der Waals surface area contributed by atoms with Gasteiger partial charge in [0.2, 0.25) is 5.95 Å². The van der Waals surface area contributed by atoms with E-state index >= 15 is 0 Å². The minimum Gasteiger partial charge on any atom is -0.446 e. The zero-order chi connectivity index (χ0) is 19.5. The molecule has 144 valence electrons. The molecule has 0 saturated heterocycles. The topological polar surface area (TPSA) is 106 Å². The van der Waals surface area contributed by atoms with Gasteiger partial charge >= 0.3 is 6.09 Å². The second-order valence-corrected chi connectivity index (χ2v) is 7.42. The zero-order valence-corrected chi connectivity index (χ0v) is 15.1. The summed E-state index contributed by atoms with van der Waals surface area (Å²) >= 11 is 0. The molecule has 9 heteroatoms. The monoisotopic (exact) mass is 370 g/mol. The SMILES string of the molecule is CC(C)(C)NC(=O)OC1CCC(Nc2nc(F)c(C(N)=O)cc2F)CC1. The van der Waals surface area contributed by atoms with Gasteiger partial charge in [-0.05, 0) is 52.5 Å². The first-order chi connectivity index (χ1) is 12.0. The molecule has 1 aromatic heterocycles. The number of nitrogens with two attached hydrogens (primary N) is 1. The Morgan fingerprint density at radius 3 is 2.38 bits per heavy atom. The second-order valence-electron chi connectivity index (χ2n) is 7.42. The van der Waals surface area contributed by atoms with Crippen LogP contribution in [0.1, 0.15) is 56.8 Å². The van der Waals surface area contributed by atoms with Gasteiger partial charge in [0.15, 0.2) is 11.6 Å². The van der Waals surface area contributed by atoms with Crippen LogP contribution in [0.2, 0.25) is 0 Å². The summed E-state index contributed by atoms with van der Waals surface area (Å²) in [5, 5.41) is 5.56. The molecule has 0 radical (unpaired) electrons. The second kappa shape index (κ2) is 7.84. The number of nitrogens with zero attached hydrogens (tertiary/aromatic N) is 1. The Balaban J connectivity index is 1.88. The van der Waals surface area contributed by atoms with E-state index in [0.29, 0.717) is 25.7 Å². The first kappa shape index (κ1) is 19.9. The van der Waals surface area contributed by atoms with Crippen LogP contribution < -0.4 is 16.4 Å². The lowest BCUT2D eigenvalue weighted by molar-refractivity contribution is 0.0681. The van der Waals surface area contributed by atoms with Crippen molar-refractivity contribution in [2.75, 3.05) is 5.32 Å². The molecule has 2 rings (SSSR count). The average Bonchev–Trinajstić information content (AvgIpc) is 2.50. The number of halogens is 2. The van der Waals surface area contributed by atoms with Crippen molar-refractivity contribution in [3.63, 3.8) is 0 Å². The van der Waals surface area contributed by atoms with Crippen LogP contribution in [0.4, 0.5) is 19.4 Å². The fourth-order valence-electron chi connectivity index (χ4n) is 2.75. The molecule has 0 atom stereocenters. The third-order valence-electron chi connectivity index (χ3n) is 3.96. The van der Waals surface area contributed by atoms with Gasteiger partial charge in [-0.25, -0.2) is 9.18 Å². The van der Waals surface area contributed by atoms with E-state index in [1.165, 1.54) is 0 Å². The summed E-state index contributed by atoms with van der Waals surface area (Å²) in [5.74, 6) is -3.30. The molecule has 1 heterocycles. The summed E-state index contributed by atoms with van der Waals surface area (Å²) in [6.45, 7) is 5.58. The third-order valence-corrected chi connectivity index (χ3v) is 3.96. The molecule has 7 nitrogen and oxygen atoms in total. The standard InChI is InChI=1S/C17H24F2N4O3/c1-17(2,3)23-16(25)26-10-6-4-9(5-7-10)21-15-12(18)8-11(14(20)24)13(19)22-15/h8-10H,4-7H2,1-3H3,(H2,20,24)(H,21,22)(H,23,25). The molecule has 1 aliphatic carbocycles. The van der Waals surface area contributed by atoms with Crippen molar-refractivity contribution in [3.8, 4) is 0 Å². The van der Waals surface area contributed by atoms with Crippen LogP contribution in [0.3, 0.4) is 0 Å². The fourth-order valence-corrected chi connectivity index (χ4v) is 2.75. The highest BCUT2D eigenvalue weighted by Gasteiger charge is 2.26. The molecule has 0 aliphatic heterocycles. The van der Waals surface area contributed by atoms with Crippen LogP contribution in [0.25, 0.3) is 0 Å². The highest BCUT2D eigenvalue weighted by atomic mass is 19.1. The number of hydrogen-bond acceptors (Lipinski definition) is 5. The van der Waals surface area contributed by atoms with E-state index < -0.39 is 29.3 Å². The molecule has 26 heavy (non-hydrogen) atoms. The van der Waals surface area contributed by atoms with Crippen molar-refractivity contribution in [1.82, 2.24) is 10.3 Å². The Morgan fingerprint density at radius 1 is 1.23 bits per heavy atom. The van der Waals surface area contributed by atoms with Crippen LogP contribution in [-0.4, -0.2) is 34.7 Å². The molecule has 0 spiro atoms. The maximum atomic E-state index is 14.0. The Labute approximate surface area is 150 Å². The van der Waals surface area contributed by atoms with Crippen LogP contribution in [-0.2, 0) is 4.74 Å². The summed E-state index contributed by atoms with van der Waals surface area (Å²) in [6.07, 6.45) is 1.71. The molecule has 2 amide bonds. The van der Waals surface area contributed by atoms with E-state index in [4.69, 9.17) is 10.5 Å². The van der Waals surface area contributed by atoms with E-state index in [1.807, 2.05) is 20.8 Å². The van der Waals surface area contributed by atoms with Gasteiger partial charge in [0.25, 0.3) is 5.91 Å². The number of nitrogens with one attached hydrogen (secondary N) is 2. The van der Waals surface area contributed by atoms with Crippen molar-refractivity contribution in [3.05, 3.63) is 23.4 Å². The van der Waals surface area contributed by atoms with Gasteiger partial charge in [0.05, 0.1) is 5.56 Å². The fraction of sp³-hybridized carbons (Fsp3) is 0.588. The van der Waals surface area contributed by atoms with Crippen LogP contribution in [0.5, 0.6) is 0 Å². The third kappa shape index (κ3) is 5.53. The van der Waals surface area contributed by atoms with Crippen molar-refractivity contribution in [1.29, 1.82) is 0 Å². The summed E-state index contributed by atoms with van der Waals surface area (Å²) in [7, 11) is 0. The number of carbonyl (C=O) groups excluding carboxylic acids is 2. The maximum Gasteiger partial charge on any atom is 0.407 e. The minimum atomic E-state index is -1.11. The van der Waals surface area contributed by atoms with Crippen molar-refractivity contribution >= 4 is 17.8 Å². The summed E-state index contributed by atoms with van der Waals surface area (Å²) < 4.78 is 33.0. The number of hydrogen-bond donors (Lipinski definition) is 3. The molecular formula is C17H24F2N4O3. The van der Waals surface area contributed by atoms with Crippen LogP contribution >= 0.6 is 0 Å². The minimum absolute atomic E-state index is 0.138. The predicted octanol–water partition coefficient (Wildman–Crippen LogP) is 2.71. The Morgan fingerprint density at radius 2 is 1.85 bits per heavy atom. The summed E-state index contributed by atoms with van der Waals surface area (Å²) in [5.41, 5.74) is 4.00. The van der Waals surface area contributed by atoms with Crippen molar-refractivity contribution in [2.24, 2.45) is 5.73 Å². The highest BCUT2D eigenvalue weighted by molar-refractivity contribution is 5.92. The number of alkyl carbamates (subject to hydrolysis) is 1. The van der Waals surface area contributed by atoms with Gasteiger partial charge in [-0.3, -0.25) is 4.79 Å². The van der Waals surface area contributed by atoms with Crippen LogP contribution in [0.15, 0.2) is 6.07 Å². The molecule has 4 N–H and O–H groups in total. The number of carbonyl (C=O) groups is 2. The van der Waals surface area contributed by atoms with Gasteiger partial charge in [-0.2, -0.15) is 9.37 Å². The molecule has 1 aliphatic rings. The largest absolute Gasteiger partial charge is 0.446 e. The number of rotatable bonds is 4. The normalized spacial score (nSPS) is 20.3. The molecule has 0 aromatic carbocycles. The van der Waals surface area contributed by atoms with Crippen molar-refractivity contribution in [2.45, 2.75) is 64.1 Å². The quantitative estimate of drug-likeness (QED) is 0.707.